The first-order valence-corrected chi connectivity index (χ1v) is 10.4. The summed E-state index contributed by atoms with van der Waals surface area (Å²) in [6.45, 7) is 1.78. The molecule has 2 aromatic carbocycles. The van der Waals surface area contributed by atoms with Gasteiger partial charge in [0.2, 0.25) is 0 Å². The molecule has 2 atom stereocenters. The third-order valence-corrected chi connectivity index (χ3v) is 6.76. The molecule has 0 spiro atoms. The number of hydrogen-bond acceptors (Lipinski definition) is 4. The van der Waals surface area contributed by atoms with E-state index in [2.05, 4.69) is 15.9 Å². The Balaban J connectivity index is 2.25. The molecule has 0 aliphatic heterocycles. The Labute approximate surface area is 161 Å². The van der Waals surface area contributed by atoms with Gasteiger partial charge in [-0.2, -0.15) is 0 Å². The van der Waals surface area contributed by atoms with E-state index in [9.17, 15) is 14.9 Å². The molecule has 0 heterocycles. The first-order valence-electron chi connectivity index (χ1n) is 7.78. The van der Waals surface area contributed by atoms with Gasteiger partial charge in [-0.3, -0.25) is 0 Å². The summed E-state index contributed by atoms with van der Waals surface area (Å²) in [5.41, 5.74) is 1.00. The number of rotatable bonds is 8. The summed E-state index contributed by atoms with van der Waals surface area (Å²) in [6.07, 6.45) is 0.131. The molecule has 132 valence electrons. The number of carbonyl (C=O) groups is 1. The quantitative estimate of drug-likeness (QED) is 0.257. The fourth-order valence-corrected chi connectivity index (χ4v) is 5.08. The van der Waals surface area contributed by atoms with E-state index in [1.54, 1.807) is 6.92 Å². The van der Waals surface area contributed by atoms with Crippen molar-refractivity contribution in [3.8, 4) is 0 Å². The number of nitrogens with zero attached hydrogens (tertiary/aromatic N) is 1. The van der Waals surface area contributed by atoms with Crippen LogP contribution in [0, 0.1) is 10.1 Å². The summed E-state index contributed by atoms with van der Waals surface area (Å²) >= 11 is 3.36. The molecule has 0 saturated carbocycles. The van der Waals surface area contributed by atoms with Gasteiger partial charge >= 0.3 is 161 Å². The number of benzene rings is 2. The van der Waals surface area contributed by atoms with Crippen LogP contribution in [0.1, 0.15) is 23.7 Å². The second-order valence-electron chi connectivity index (χ2n) is 5.26. The number of halogens is 1. The Morgan fingerprint density at radius 3 is 2.40 bits per heavy atom. The summed E-state index contributed by atoms with van der Waals surface area (Å²) in [7, 11) is 0. The first-order chi connectivity index (χ1) is 12.0. The van der Waals surface area contributed by atoms with Crippen molar-refractivity contribution >= 4 is 41.3 Å². The average molecular weight is 471 g/mol. The van der Waals surface area contributed by atoms with Crippen LogP contribution in [0.25, 0.3) is 0 Å². The molecule has 0 bridgehead atoms. The van der Waals surface area contributed by atoms with Crippen LogP contribution < -0.4 is 4.46 Å². The van der Waals surface area contributed by atoms with Gasteiger partial charge in [-0.1, -0.05) is 0 Å². The van der Waals surface area contributed by atoms with Gasteiger partial charge in [0.1, 0.15) is 0 Å². The van der Waals surface area contributed by atoms with E-state index in [0.717, 1.165) is 14.5 Å². The summed E-state index contributed by atoms with van der Waals surface area (Å²) in [4.78, 5) is 22.7. The minimum atomic E-state index is -1.34. The van der Waals surface area contributed by atoms with E-state index in [1.165, 1.54) is 0 Å². The number of carbonyl (C=O) groups excluding carboxylic acids is 1. The van der Waals surface area contributed by atoms with E-state index in [1.807, 2.05) is 54.6 Å². The van der Waals surface area contributed by atoms with Crippen molar-refractivity contribution in [2.75, 3.05) is 6.61 Å². The van der Waals surface area contributed by atoms with E-state index >= 15 is 0 Å². The topological polar surface area (TPSA) is 69.4 Å². The van der Waals surface area contributed by atoms with E-state index < -0.39 is 16.9 Å². The van der Waals surface area contributed by atoms with Gasteiger partial charge in [0.25, 0.3) is 0 Å². The number of ether oxygens (including phenoxy) is 1. The average Bonchev–Trinajstić information content (AvgIpc) is 2.60. The van der Waals surface area contributed by atoms with Crippen LogP contribution in [0.15, 0.2) is 59.1 Å². The standard InChI is InChI=1S/C18H18BrNO4Se/c1-2-24-18(21)16(20(22)23)12-17(13-6-4-3-5-7-13)25-15-10-8-14(19)9-11-15/h3-11,16-17H,2,12H2,1H3. The molecule has 0 radical (unpaired) electrons. The summed E-state index contributed by atoms with van der Waals surface area (Å²) in [6, 6.07) is 16.2. The van der Waals surface area contributed by atoms with Crippen molar-refractivity contribution in [2.24, 2.45) is 0 Å². The van der Waals surface area contributed by atoms with Crippen LogP contribution in [-0.4, -0.2) is 38.5 Å². The van der Waals surface area contributed by atoms with Gasteiger partial charge < -0.3 is 0 Å². The molecule has 0 aromatic heterocycles. The SMILES string of the molecule is CCOC(=O)C(CC([Se]c1ccc(Br)cc1)c1ccccc1)[N+](=O)[O-]. The Kier molecular flexibility index (Phi) is 7.62. The molecule has 0 saturated heterocycles. The molecule has 0 aliphatic rings. The van der Waals surface area contributed by atoms with Gasteiger partial charge in [0.05, 0.1) is 0 Å². The zero-order chi connectivity index (χ0) is 18.2. The molecule has 2 rings (SSSR count). The van der Waals surface area contributed by atoms with Crippen molar-refractivity contribution in [3.63, 3.8) is 0 Å². The zero-order valence-electron chi connectivity index (χ0n) is 13.6. The van der Waals surface area contributed by atoms with Crippen molar-refractivity contribution in [3.05, 3.63) is 74.7 Å². The molecule has 0 amide bonds. The summed E-state index contributed by atoms with van der Waals surface area (Å²) in [5.74, 6) is -0.764. The number of hydrogen-bond donors (Lipinski definition) is 0. The fourth-order valence-electron chi connectivity index (χ4n) is 2.31. The Bertz CT molecular complexity index is 709. The molecular weight excluding hydrogens is 453 g/mol. The number of nitro groups is 1. The first kappa shape index (κ1) is 19.6. The van der Waals surface area contributed by atoms with Gasteiger partial charge in [0.15, 0.2) is 0 Å². The van der Waals surface area contributed by atoms with Crippen molar-refractivity contribution in [1.82, 2.24) is 0 Å². The van der Waals surface area contributed by atoms with Crippen molar-refractivity contribution < 1.29 is 14.5 Å². The molecule has 2 aromatic rings. The Morgan fingerprint density at radius 1 is 1.20 bits per heavy atom. The normalized spacial score (nSPS) is 13.0. The predicted octanol–water partition coefficient (Wildman–Crippen LogP) is 3.12. The summed E-state index contributed by atoms with van der Waals surface area (Å²) in [5, 5.41) is 11.4. The molecule has 0 N–H and O–H groups in total. The van der Waals surface area contributed by atoms with Crippen LogP contribution in [-0.2, 0) is 9.53 Å². The van der Waals surface area contributed by atoms with Gasteiger partial charge in [0, 0.05) is 0 Å². The van der Waals surface area contributed by atoms with Gasteiger partial charge in [-0.25, -0.2) is 0 Å². The molecular formula is C18H18BrNO4Se. The molecule has 5 nitrogen and oxygen atoms in total. The fraction of sp³-hybridized carbons (Fsp3) is 0.278. The number of esters is 1. The molecule has 0 fully saturated rings. The maximum atomic E-state index is 12.0. The third-order valence-electron chi connectivity index (χ3n) is 3.51. The van der Waals surface area contributed by atoms with Crippen molar-refractivity contribution in [2.45, 2.75) is 24.2 Å². The van der Waals surface area contributed by atoms with Crippen LogP contribution >= 0.6 is 15.9 Å². The minimum absolute atomic E-state index is 0.0528. The maximum absolute atomic E-state index is 12.0. The molecule has 7 heteroatoms. The predicted molar refractivity (Wildman–Crippen MR) is 101 cm³/mol. The van der Waals surface area contributed by atoms with Crippen LogP contribution in [0.5, 0.6) is 0 Å². The van der Waals surface area contributed by atoms with Crippen LogP contribution in [0.2, 0.25) is 0 Å². The molecule has 0 aliphatic carbocycles. The van der Waals surface area contributed by atoms with Crippen molar-refractivity contribution in [1.29, 1.82) is 0 Å². The second kappa shape index (κ2) is 9.70. The summed E-state index contributed by atoms with van der Waals surface area (Å²) < 4.78 is 6.99. The second-order valence-corrected chi connectivity index (χ2v) is 8.85. The molecule has 25 heavy (non-hydrogen) atoms. The van der Waals surface area contributed by atoms with Gasteiger partial charge in [-0.05, 0) is 0 Å². The van der Waals surface area contributed by atoms with Crippen LogP contribution in [0.4, 0.5) is 0 Å². The van der Waals surface area contributed by atoms with E-state index in [0.29, 0.717) is 0 Å². The zero-order valence-corrected chi connectivity index (χ0v) is 16.9. The van der Waals surface area contributed by atoms with E-state index in [-0.39, 0.29) is 32.8 Å². The monoisotopic (exact) mass is 471 g/mol. The molecule has 2 unspecified atom stereocenters. The Morgan fingerprint density at radius 2 is 1.84 bits per heavy atom. The van der Waals surface area contributed by atoms with Gasteiger partial charge in [-0.15, -0.1) is 0 Å². The van der Waals surface area contributed by atoms with Crippen LogP contribution in [0.3, 0.4) is 0 Å². The third kappa shape index (κ3) is 5.96. The Hall–Kier alpha value is -1.69. The van der Waals surface area contributed by atoms with E-state index in [4.69, 9.17) is 4.74 Å².